The van der Waals surface area contributed by atoms with Crippen LogP contribution in [0.4, 0.5) is 5.69 Å². The number of benzene rings is 2. The number of thiazole rings is 1. The predicted molar refractivity (Wildman–Crippen MR) is 136 cm³/mol. The number of nitro benzene ring substituents is 1. The number of fused-ring (bicyclic) bond motifs is 2. The molecule has 5 rings (SSSR count). The second kappa shape index (κ2) is 8.42. The second-order valence-corrected chi connectivity index (χ2v) is 10.4. The van der Waals surface area contributed by atoms with E-state index in [2.05, 4.69) is 25.8 Å². The quantitative estimate of drug-likeness (QED) is 0.229. The van der Waals surface area contributed by atoms with Crippen LogP contribution in [0.15, 0.2) is 58.5 Å². The van der Waals surface area contributed by atoms with Gasteiger partial charge in [-0.05, 0) is 35.9 Å². The van der Waals surface area contributed by atoms with Crippen LogP contribution < -0.4 is 0 Å². The molecule has 0 amide bonds. The van der Waals surface area contributed by atoms with E-state index in [1.807, 2.05) is 11.4 Å². The van der Waals surface area contributed by atoms with Crippen LogP contribution in [0.2, 0.25) is 0 Å². The second-order valence-electron chi connectivity index (χ2n) is 9.51. The van der Waals surface area contributed by atoms with Crippen LogP contribution >= 0.6 is 11.3 Å². The average molecular weight is 504 g/mol. The molecule has 0 bridgehead atoms. The highest BCUT2D eigenvalue weighted by Gasteiger charge is 2.22. The molecule has 0 radical (unpaired) electrons. The van der Waals surface area contributed by atoms with Gasteiger partial charge in [0.05, 0.1) is 22.6 Å². The number of carbonyl (C=O) groups is 2. The zero-order valence-corrected chi connectivity index (χ0v) is 20.5. The van der Waals surface area contributed by atoms with Gasteiger partial charge >= 0.3 is 5.97 Å². The number of furan rings is 1. The maximum absolute atomic E-state index is 13.5. The molecule has 0 spiro atoms. The SMILES string of the molecule is CC(C)(C)c1csc(-c2cc3cc(C(=O)n4cc(CC(=O)O)c5cc([N+](=O)[O-])ccc54)ccc3o2)n1. The largest absolute Gasteiger partial charge is 0.481 e. The zero-order valence-electron chi connectivity index (χ0n) is 19.6. The molecule has 0 saturated heterocycles. The maximum Gasteiger partial charge on any atom is 0.307 e. The van der Waals surface area contributed by atoms with Crippen molar-refractivity contribution >= 4 is 50.8 Å². The van der Waals surface area contributed by atoms with E-state index in [9.17, 15) is 24.8 Å². The molecular formula is C26H21N3O6S. The van der Waals surface area contributed by atoms with Crippen LogP contribution in [-0.4, -0.2) is 31.5 Å². The van der Waals surface area contributed by atoms with Crippen LogP contribution in [0.25, 0.3) is 32.6 Å². The van der Waals surface area contributed by atoms with Crippen LogP contribution in [0.1, 0.15) is 42.4 Å². The van der Waals surface area contributed by atoms with Crippen molar-refractivity contribution in [1.82, 2.24) is 9.55 Å². The summed E-state index contributed by atoms with van der Waals surface area (Å²) in [6.45, 7) is 6.27. The van der Waals surface area contributed by atoms with Crippen molar-refractivity contribution in [1.29, 1.82) is 0 Å². The third-order valence-corrected chi connectivity index (χ3v) is 6.75. The highest BCUT2D eigenvalue weighted by molar-refractivity contribution is 7.13. The molecule has 0 atom stereocenters. The Bertz CT molecular complexity index is 1690. The van der Waals surface area contributed by atoms with Gasteiger partial charge in [0.25, 0.3) is 11.6 Å². The number of nitro groups is 1. The molecule has 0 aliphatic rings. The first-order valence-electron chi connectivity index (χ1n) is 11.1. The first-order valence-corrected chi connectivity index (χ1v) is 11.9. The van der Waals surface area contributed by atoms with E-state index in [1.165, 1.54) is 40.3 Å². The highest BCUT2D eigenvalue weighted by atomic mass is 32.1. The molecule has 5 aromatic rings. The van der Waals surface area contributed by atoms with Gasteiger partial charge in [-0.1, -0.05) is 20.8 Å². The Labute approximate surface area is 208 Å². The Kier molecular flexibility index (Phi) is 5.48. The van der Waals surface area contributed by atoms with Crippen LogP contribution in [0.3, 0.4) is 0 Å². The van der Waals surface area contributed by atoms with Gasteiger partial charge in [-0.2, -0.15) is 0 Å². The lowest BCUT2D eigenvalue weighted by molar-refractivity contribution is -0.384. The summed E-state index contributed by atoms with van der Waals surface area (Å²) in [5.41, 5.74) is 2.39. The van der Waals surface area contributed by atoms with Crippen molar-refractivity contribution in [3.05, 3.63) is 81.0 Å². The standard InChI is InChI=1S/C26H21N3O6S/c1-26(2,3)22-13-36-24(27-22)21-9-15-8-14(4-7-20(15)35-21)25(32)28-12-16(10-23(30)31)18-11-17(29(33)34)5-6-19(18)28/h4-9,11-13H,10H2,1-3H3,(H,30,31). The van der Waals surface area contributed by atoms with Crippen molar-refractivity contribution in [3.8, 4) is 10.8 Å². The summed E-state index contributed by atoms with van der Waals surface area (Å²) < 4.78 is 7.30. The number of aliphatic carboxylic acids is 1. The lowest BCUT2D eigenvalue weighted by Crippen LogP contribution is -2.11. The van der Waals surface area contributed by atoms with Crippen LogP contribution in [0, 0.1) is 10.1 Å². The first-order chi connectivity index (χ1) is 17.0. The van der Waals surface area contributed by atoms with Gasteiger partial charge in [-0.15, -0.1) is 11.3 Å². The molecule has 3 heterocycles. The molecular weight excluding hydrogens is 482 g/mol. The number of non-ortho nitro benzene ring substituents is 1. The predicted octanol–water partition coefficient (Wildman–Crippen LogP) is 6.03. The number of nitrogens with zero attached hydrogens (tertiary/aromatic N) is 3. The number of carbonyl (C=O) groups excluding carboxylic acids is 1. The fraction of sp³-hybridized carbons (Fsp3) is 0.192. The van der Waals surface area contributed by atoms with Gasteiger partial charge < -0.3 is 9.52 Å². The number of carboxylic acids is 1. The Morgan fingerprint density at radius 1 is 1.17 bits per heavy atom. The average Bonchev–Trinajstić information content (AvgIpc) is 3.54. The number of hydrogen-bond donors (Lipinski definition) is 1. The Balaban J connectivity index is 1.55. The van der Waals surface area contributed by atoms with Crippen molar-refractivity contribution in [2.75, 3.05) is 0 Å². The van der Waals surface area contributed by atoms with E-state index in [0.717, 1.165) is 16.1 Å². The minimum atomic E-state index is -1.10. The van der Waals surface area contributed by atoms with E-state index in [4.69, 9.17) is 4.42 Å². The van der Waals surface area contributed by atoms with E-state index < -0.39 is 10.9 Å². The van der Waals surface area contributed by atoms with Crippen LogP contribution in [0.5, 0.6) is 0 Å². The molecule has 10 heteroatoms. The molecule has 182 valence electrons. The van der Waals surface area contributed by atoms with E-state index in [1.54, 1.807) is 18.2 Å². The van der Waals surface area contributed by atoms with Crippen molar-refractivity contribution in [2.45, 2.75) is 32.6 Å². The van der Waals surface area contributed by atoms with E-state index in [-0.39, 0.29) is 23.4 Å². The van der Waals surface area contributed by atoms with E-state index >= 15 is 0 Å². The molecule has 3 aromatic heterocycles. The molecule has 0 aliphatic carbocycles. The van der Waals surface area contributed by atoms with Gasteiger partial charge in [-0.3, -0.25) is 24.3 Å². The van der Waals surface area contributed by atoms with Crippen molar-refractivity contribution < 1.29 is 24.0 Å². The summed E-state index contributed by atoms with van der Waals surface area (Å²) in [4.78, 5) is 40.2. The highest BCUT2D eigenvalue weighted by Crippen LogP contribution is 2.34. The van der Waals surface area contributed by atoms with Gasteiger partial charge in [0.2, 0.25) is 0 Å². The summed E-state index contributed by atoms with van der Waals surface area (Å²) >= 11 is 1.49. The molecule has 9 nitrogen and oxygen atoms in total. The first kappa shape index (κ1) is 23.4. The summed E-state index contributed by atoms with van der Waals surface area (Å²) in [6.07, 6.45) is 1.06. The minimum Gasteiger partial charge on any atom is -0.481 e. The van der Waals surface area contributed by atoms with Crippen molar-refractivity contribution in [2.24, 2.45) is 0 Å². The van der Waals surface area contributed by atoms with Crippen molar-refractivity contribution in [3.63, 3.8) is 0 Å². The Hall–Kier alpha value is -4.31. The smallest absolute Gasteiger partial charge is 0.307 e. The third kappa shape index (κ3) is 4.16. The molecule has 0 aliphatic heterocycles. The topological polar surface area (TPSA) is 128 Å². The molecule has 36 heavy (non-hydrogen) atoms. The monoisotopic (exact) mass is 503 g/mol. The Morgan fingerprint density at radius 2 is 1.94 bits per heavy atom. The maximum atomic E-state index is 13.5. The summed E-state index contributed by atoms with van der Waals surface area (Å²) in [6, 6.07) is 10.9. The number of rotatable bonds is 5. The number of aromatic nitrogens is 2. The van der Waals surface area contributed by atoms with Gasteiger partial charge in [0.15, 0.2) is 10.8 Å². The summed E-state index contributed by atoms with van der Waals surface area (Å²) in [7, 11) is 0. The number of carboxylic acid groups (broad SMARTS) is 1. The zero-order chi connectivity index (χ0) is 25.8. The fourth-order valence-corrected chi connectivity index (χ4v) is 5.02. The fourth-order valence-electron chi connectivity index (χ4n) is 4.02. The van der Waals surface area contributed by atoms with E-state index in [0.29, 0.717) is 33.4 Å². The minimum absolute atomic E-state index is 0.0835. The molecule has 0 unspecified atom stereocenters. The third-order valence-electron chi connectivity index (χ3n) is 5.89. The lowest BCUT2D eigenvalue weighted by Gasteiger charge is -2.13. The molecule has 0 saturated carbocycles. The van der Waals surface area contributed by atoms with Gasteiger partial charge in [0, 0.05) is 45.5 Å². The molecule has 0 fully saturated rings. The normalized spacial score (nSPS) is 11.9. The van der Waals surface area contributed by atoms with Crippen LogP contribution in [-0.2, 0) is 16.6 Å². The van der Waals surface area contributed by atoms with Gasteiger partial charge in [-0.25, -0.2) is 4.98 Å². The summed E-state index contributed by atoms with van der Waals surface area (Å²) in [5, 5.41) is 24.3. The van der Waals surface area contributed by atoms with Gasteiger partial charge in [0.1, 0.15) is 5.58 Å². The lowest BCUT2D eigenvalue weighted by atomic mass is 9.93. The Morgan fingerprint density at radius 3 is 2.61 bits per heavy atom. The molecule has 2 aromatic carbocycles. The number of hydrogen-bond acceptors (Lipinski definition) is 7. The summed E-state index contributed by atoms with van der Waals surface area (Å²) in [5.74, 6) is -0.880. The molecule has 1 N–H and O–H groups in total.